The van der Waals surface area contributed by atoms with Crippen molar-refractivity contribution in [1.82, 2.24) is 9.97 Å². The second-order valence-electron chi connectivity index (χ2n) is 8.29. The van der Waals surface area contributed by atoms with Gasteiger partial charge in [0.2, 0.25) is 5.95 Å². The van der Waals surface area contributed by atoms with Crippen molar-refractivity contribution in [2.24, 2.45) is 0 Å². The summed E-state index contributed by atoms with van der Waals surface area (Å²) in [4.78, 5) is 9.27. The van der Waals surface area contributed by atoms with Crippen LogP contribution < -0.4 is 15.4 Å². The summed E-state index contributed by atoms with van der Waals surface area (Å²) in [5.41, 5.74) is 5.73. The van der Waals surface area contributed by atoms with Gasteiger partial charge in [0.05, 0.1) is 4.90 Å². The average molecular weight is 474 g/mol. The standard InChI is InChI=1S/C26H27N5O2S/c1-17-6-9-21(10-7-17)28-25-16-20(4)27-26(30-25)29-22-11-13-23(14-12-22)31-34(32,33)24-15-18(2)5-8-19(24)3/h5-16,31H,1-4H3,(H2,27,28,29,30). The first kappa shape index (κ1) is 23.3. The van der Waals surface area contributed by atoms with Crippen molar-refractivity contribution in [3.05, 3.63) is 95.2 Å². The van der Waals surface area contributed by atoms with Crippen molar-refractivity contribution in [2.75, 3.05) is 15.4 Å². The fourth-order valence-electron chi connectivity index (χ4n) is 3.43. The van der Waals surface area contributed by atoms with Crippen LogP contribution in [0, 0.1) is 27.7 Å². The zero-order chi connectivity index (χ0) is 24.3. The highest BCUT2D eigenvalue weighted by Crippen LogP contribution is 2.24. The number of hydrogen-bond donors (Lipinski definition) is 3. The third-order valence-electron chi connectivity index (χ3n) is 5.20. The molecule has 174 valence electrons. The van der Waals surface area contributed by atoms with E-state index in [2.05, 4.69) is 25.3 Å². The van der Waals surface area contributed by atoms with E-state index in [1.54, 1.807) is 43.3 Å². The Bertz CT molecular complexity index is 1420. The number of benzene rings is 3. The van der Waals surface area contributed by atoms with Crippen molar-refractivity contribution in [1.29, 1.82) is 0 Å². The van der Waals surface area contributed by atoms with Crippen LogP contribution in [0.25, 0.3) is 0 Å². The number of aromatic nitrogens is 2. The summed E-state index contributed by atoms with van der Waals surface area (Å²) in [5.74, 6) is 1.12. The summed E-state index contributed by atoms with van der Waals surface area (Å²) in [6.45, 7) is 7.59. The second-order valence-corrected chi connectivity index (χ2v) is 9.94. The molecule has 34 heavy (non-hydrogen) atoms. The molecule has 1 aromatic heterocycles. The Kier molecular flexibility index (Phi) is 6.51. The summed E-state index contributed by atoms with van der Waals surface area (Å²) >= 11 is 0. The number of hydrogen-bond acceptors (Lipinski definition) is 6. The minimum atomic E-state index is -3.69. The first-order chi connectivity index (χ1) is 16.2. The summed E-state index contributed by atoms with van der Waals surface area (Å²) in [5, 5.41) is 6.47. The monoisotopic (exact) mass is 473 g/mol. The molecule has 0 fully saturated rings. The van der Waals surface area contributed by atoms with Gasteiger partial charge in [-0.25, -0.2) is 13.4 Å². The molecular formula is C26H27N5O2S. The number of rotatable bonds is 7. The minimum absolute atomic E-state index is 0.275. The van der Waals surface area contributed by atoms with Crippen LogP contribution in [0.15, 0.2) is 77.7 Å². The third-order valence-corrected chi connectivity index (χ3v) is 6.73. The predicted octanol–water partition coefficient (Wildman–Crippen LogP) is 6.00. The molecule has 0 radical (unpaired) electrons. The topological polar surface area (TPSA) is 96.0 Å². The Morgan fingerprint density at radius 1 is 0.647 bits per heavy atom. The first-order valence-electron chi connectivity index (χ1n) is 10.8. The molecule has 7 nitrogen and oxygen atoms in total. The second kappa shape index (κ2) is 9.52. The van der Waals surface area contributed by atoms with Gasteiger partial charge in [-0.05, 0) is 81.3 Å². The summed E-state index contributed by atoms with van der Waals surface area (Å²) in [6, 6.07) is 22.3. The van der Waals surface area contributed by atoms with Crippen molar-refractivity contribution in [2.45, 2.75) is 32.6 Å². The normalized spacial score (nSPS) is 11.2. The van der Waals surface area contributed by atoms with E-state index in [1.165, 1.54) is 5.56 Å². The number of aryl methyl sites for hydroxylation is 4. The van der Waals surface area contributed by atoms with Gasteiger partial charge >= 0.3 is 0 Å². The van der Waals surface area contributed by atoms with Crippen molar-refractivity contribution in [3.8, 4) is 0 Å². The van der Waals surface area contributed by atoms with Crippen LogP contribution in [0.5, 0.6) is 0 Å². The third kappa shape index (κ3) is 5.71. The lowest BCUT2D eigenvalue weighted by Gasteiger charge is -2.12. The number of sulfonamides is 1. The van der Waals surface area contributed by atoms with Gasteiger partial charge in [0, 0.05) is 28.8 Å². The quantitative estimate of drug-likeness (QED) is 0.305. The van der Waals surface area contributed by atoms with Crippen molar-refractivity contribution < 1.29 is 8.42 Å². The largest absolute Gasteiger partial charge is 0.340 e. The van der Waals surface area contributed by atoms with Gasteiger partial charge in [-0.2, -0.15) is 4.98 Å². The van der Waals surface area contributed by atoms with Crippen molar-refractivity contribution in [3.63, 3.8) is 0 Å². The molecule has 4 aromatic rings. The van der Waals surface area contributed by atoms with E-state index < -0.39 is 10.0 Å². The molecule has 8 heteroatoms. The van der Waals surface area contributed by atoms with E-state index in [0.717, 1.165) is 22.6 Å². The first-order valence-corrected chi connectivity index (χ1v) is 12.3. The maximum absolute atomic E-state index is 12.8. The van der Waals surface area contributed by atoms with Crippen LogP contribution in [0.2, 0.25) is 0 Å². The van der Waals surface area contributed by atoms with E-state index in [4.69, 9.17) is 0 Å². The smallest absolute Gasteiger partial charge is 0.262 e. The molecule has 0 saturated carbocycles. The van der Waals surface area contributed by atoms with Gasteiger partial charge in [-0.3, -0.25) is 4.72 Å². The summed E-state index contributed by atoms with van der Waals surface area (Å²) in [7, 11) is -3.69. The van der Waals surface area contributed by atoms with Crippen LogP contribution in [0.3, 0.4) is 0 Å². The highest BCUT2D eigenvalue weighted by molar-refractivity contribution is 7.92. The molecule has 0 spiro atoms. The highest BCUT2D eigenvalue weighted by atomic mass is 32.2. The van der Waals surface area contributed by atoms with E-state index in [0.29, 0.717) is 23.0 Å². The Morgan fingerprint density at radius 2 is 1.24 bits per heavy atom. The molecule has 4 rings (SSSR count). The number of nitrogens with one attached hydrogen (secondary N) is 3. The molecule has 0 bridgehead atoms. The number of anilines is 5. The lowest BCUT2D eigenvalue weighted by atomic mass is 10.2. The van der Waals surface area contributed by atoms with Crippen molar-refractivity contribution >= 4 is 38.9 Å². The van der Waals surface area contributed by atoms with Crippen LogP contribution in [0.4, 0.5) is 28.8 Å². The molecule has 0 unspecified atom stereocenters. The van der Waals surface area contributed by atoms with E-state index in [9.17, 15) is 8.42 Å². The maximum Gasteiger partial charge on any atom is 0.262 e. The molecule has 0 aliphatic carbocycles. The van der Waals surface area contributed by atoms with Crippen LogP contribution >= 0.6 is 0 Å². The van der Waals surface area contributed by atoms with E-state index in [1.807, 2.05) is 57.2 Å². The molecule has 0 amide bonds. The van der Waals surface area contributed by atoms with Gasteiger partial charge in [0.1, 0.15) is 5.82 Å². The molecule has 0 atom stereocenters. The van der Waals surface area contributed by atoms with Gasteiger partial charge in [-0.1, -0.05) is 29.8 Å². The SMILES string of the molecule is Cc1ccc(Nc2cc(C)nc(Nc3ccc(NS(=O)(=O)c4cc(C)ccc4C)cc3)n2)cc1. The molecule has 3 aromatic carbocycles. The molecule has 0 aliphatic heterocycles. The van der Waals surface area contributed by atoms with Gasteiger partial charge in [0.15, 0.2) is 0 Å². The molecule has 0 saturated heterocycles. The predicted molar refractivity (Wildman–Crippen MR) is 138 cm³/mol. The van der Waals surface area contributed by atoms with Crippen LogP contribution in [-0.4, -0.2) is 18.4 Å². The Labute approximate surface area is 200 Å². The molecular weight excluding hydrogens is 446 g/mol. The zero-order valence-electron chi connectivity index (χ0n) is 19.5. The fourth-order valence-corrected chi connectivity index (χ4v) is 4.82. The zero-order valence-corrected chi connectivity index (χ0v) is 20.4. The summed E-state index contributed by atoms with van der Waals surface area (Å²) in [6.07, 6.45) is 0. The van der Waals surface area contributed by atoms with E-state index in [-0.39, 0.29) is 4.90 Å². The van der Waals surface area contributed by atoms with Gasteiger partial charge < -0.3 is 10.6 Å². The highest BCUT2D eigenvalue weighted by Gasteiger charge is 2.17. The average Bonchev–Trinajstić information content (AvgIpc) is 2.78. The van der Waals surface area contributed by atoms with E-state index >= 15 is 0 Å². The van der Waals surface area contributed by atoms with Gasteiger partial charge in [-0.15, -0.1) is 0 Å². The Hall–Kier alpha value is -3.91. The molecule has 3 N–H and O–H groups in total. The summed E-state index contributed by atoms with van der Waals surface area (Å²) < 4.78 is 28.3. The number of nitrogens with zero attached hydrogens (tertiary/aromatic N) is 2. The minimum Gasteiger partial charge on any atom is -0.340 e. The van der Waals surface area contributed by atoms with Crippen LogP contribution in [-0.2, 0) is 10.0 Å². The fraction of sp³-hybridized carbons (Fsp3) is 0.154. The lowest BCUT2D eigenvalue weighted by Crippen LogP contribution is -2.14. The van der Waals surface area contributed by atoms with Gasteiger partial charge in [0.25, 0.3) is 10.0 Å². The maximum atomic E-state index is 12.8. The molecule has 0 aliphatic rings. The molecule has 1 heterocycles. The van der Waals surface area contributed by atoms with Crippen LogP contribution in [0.1, 0.15) is 22.4 Å². The Balaban J connectivity index is 1.48. The Morgan fingerprint density at radius 3 is 1.94 bits per heavy atom. The lowest BCUT2D eigenvalue weighted by molar-refractivity contribution is 0.600.